The van der Waals surface area contributed by atoms with E-state index in [1.165, 1.54) is 24.5 Å². The summed E-state index contributed by atoms with van der Waals surface area (Å²) in [4.78, 5) is 7.29. The highest BCUT2D eigenvalue weighted by atomic mass is 35.5. The van der Waals surface area contributed by atoms with Crippen LogP contribution < -0.4 is 4.84 Å². The number of rotatable bonds is 9. The second kappa shape index (κ2) is 10.1. The summed E-state index contributed by atoms with van der Waals surface area (Å²) in [5, 5.41) is 0. The minimum absolute atomic E-state index is 0.00188. The van der Waals surface area contributed by atoms with Gasteiger partial charge in [0.2, 0.25) is 10.0 Å². The van der Waals surface area contributed by atoms with Crippen LogP contribution >= 0.6 is 11.8 Å². The maximum absolute atomic E-state index is 14.5. The quantitative estimate of drug-likeness (QED) is 0.468. The number of aromatic nitrogens is 2. The van der Waals surface area contributed by atoms with Crippen molar-refractivity contribution in [3.63, 3.8) is 0 Å². The molecule has 0 atom stereocenters. The van der Waals surface area contributed by atoms with E-state index in [0.717, 1.165) is 22.5 Å². The summed E-state index contributed by atoms with van der Waals surface area (Å²) in [6, 6.07) is 10.4. The lowest BCUT2D eigenvalue weighted by molar-refractivity contribution is 0.182. The number of ether oxygens (including phenoxy) is 1. The van der Waals surface area contributed by atoms with Crippen molar-refractivity contribution in [2.75, 3.05) is 27.7 Å². The third kappa shape index (κ3) is 4.87. The van der Waals surface area contributed by atoms with Crippen LogP contribution in [0.25, 0.3) is 22.2 Å². The Hall–Kier alpha value is -2.30. The summed E-state index contributed by atoms with van der Waals surface area (Å²) in [6.45, 7) is 2.39. The Kier molecular flexibility index (Phi) is 7.68. The van der Waals surface area contributed by atoms with Crippen LogP contribution in [0.3, 0.4) is 0 Å². The Morgan fingerprint density at radius 1 is 1.31 bits per heavy atom. The molecule has 2 heterocycles. The van der Waals surface area contributed by atoms with Gasteiger partial charge in [-0.2, -0.15) is 0 Å². The number of allylic oxidation sites excluding steroid dienone is 1. The van der Waals surface area contributed by atoms with E-state index in [1.54, 1.807) is 25.3 Å². The fraction of sp³-hybridized carbons (Fsp3) is 0.318. The molecule has 0 saturated carbocycles. The fourth-order valence-corrected chi connectivity index (χ4v) is 4.57. The molecule has 0 spiro atoms. The highest BCUT2D eigenvalue weighted by molar-refractivity contribution is 7.89. The molecular formula is C22H26ClFN4O3S. The first kappa shape index (κ1) is 24.3. The molecule has 3 rings (SSSR count). The molecule has 0 unspecified atom stereocenters. The summed E-state index contributed by atoms with van der Waals surface area (Å²) in [7, 11) is 0.949. The van der Waals surface area contributed by atoms with E-state index in [0.29, 0.717) is 17.7 Å². The Balaban J connectivity index is 2.24. The van der Waals surface area contributed by atoms with E-state index in [2.05, 4.69) is 4.84 Å². The van der Waals surface area contributed by atoms with Gasteiger partial charge in [0.25, 0.3) is 0 Å². The maximum atomic E-state index is 14.5. The van der Waals surface area contributed by atoms with Gasteiger partial charge in [0.15, 0.2) is 0 Å². The van der Waals surface area contributed by atoms with Crippen molar-refractivity contribution in [2.45, 2.75) is 25.0 Å². The second-order valence-electron chi connectivity index (χ2n) is 7.45. The molecule has 0 fully saturated rings. The summed E-state index contributed by atoms with van der Waals surface area (Å²) >= 11 is 5.44. The number of nitrogens with one attached hydrogen (secondary N) is 1. The molecule has 10 heteroatoms. The molecule has 0 aliphatic carbocycles. The summed E-state index contributed by atoms with van der Waals surface area (Å²) in [5.41, 5.74) is 4.31. The highest BCUT2D eigenvalue weighted by Gasteiger charge is 2.22. The van der Waals surface area contributed by atoms with Gasteiger partial charge in [0.05, 0.1) is 34.8 Å². The molecule has 0 amide bonds. The number of nitrogens with zero attached hydrogens (tertiary/aromatic N) is 3. The van der Waals surface area contributed by atoms with Crippen LogP contribution in [0.4, 0.5) is 4.39 Å². The number of pyridine rings is 1. The summed E-state index contributed by atoms with van der Waals surface area (Å²) < 4.78 is 48.1. The first-order chi connectivity index (χ1) is 15.2. The molecular weight excluding hydrogens is 455 g/mol. The van der Waals surface area contributed by atoms with E-state index in [-0.39, 0.29) is 23.8 Å². The van der Waals surface area contributed by atoms with Crippen molar-refractivity contribution < 1.29 is 17.5 Å². The minimum atomic E-state index is -3.62. The van der Waals surface area contributed by atoms with Crippen LogP contribution in [-0.2, 0) is 27.9 Å². The molecule has 32 heavy (non-hydrogen) atoms. The standard InChI is InChI=1S/C22H26ClFN4O3S/c1-15-21(16-6-5-7-19(12-16)32(29,30)27(2)3)22-20(9-8-18(26-22)14-31-4)28(15)13-17(24)10-11-25-23/h5-10,12,25H,11,13-14H2,1-4H3/b17-10-. The van der Waals surface area contributed by atoms with Crippen LogP contribution in [0.1, 0.15) is 11.4 Å². The molecule has 0 bridgehead atoms. The summed E-state index contributed by atoms with van der Waals surface area (Å²) in [6.07, 6.45) is 1.37. The number of sulfonamides is 1. The lowest BCUT2D eigenvalue weighted by atomic mass is 10.1. The molecule has 0 saturated heterocycles. The molecule has 0 aliphatic rings. The Morgan fingerprint density at radius 3 is 2.72 bits per heavy atom. The monoisotopic (exact) mass is 480 g/mol. The Bertz CT molecular complexity index is 1260. The van der Waals surface area contributed by atoms with Crippen molar-refractivity contribution >= 4 is 32.8 Å². The van der Waals surface area contributed by atoms with Crippen molar-refractivity contribution in [3.8, 4) is 11.1 Å². The predicted octanol–water partition coefficient (Wildman–Crippen LogP) is 4.01. The van der Waals surface area contributed by atoms with Crippen LogP contribution in [0.5, 0.6) is 0 Å². The maximum Gasteiger partial charge on any atom is 0.242 e. The van der Waals surface area contributed by atoms with Gasteiger partial charge in [0.1, 0.15) is 5.83 Å². The fourth-order valence-electron chi connectivity index (χ4n) is 3.55. The van der Waals surface area contributed by atoms with Crippen molar-refractivity contribution in [1.82, 2.24) is 18.7 Å². The lowest BCUT2D eigenvalue weighted by Crippen LogP contribution is -2.22. The molecule has 2 aromatic heterocycles. The molecule has 3 aromatic rings. The zero-order chi connectivity index (χ0) is 23.5. The van der Waals surface area contributed by atoms with Gasteiger partial charge in [-0.3, -0.25) is 0 Å². The lowest BCUT2D eigenvalue weighted by Gasteiger charge is -2.12. The van der Waals surface area contributed by atoms with Gasteiger partial charge < -0.3 is 9.30 Å². The van der Waals surface area contributed by atoms with E-state index in [9.17, 15) is 12.8 Å². The number of halogens is 2. The number of methoxy groups -OCH3 is 1. The first-order valence-electron chi connectivity index (χ1n) is 9.89. The van der Waals surface area contributed by atoms with Crippen molar-refractivity contribution in [2.24, 2.45) is 0 Å². The zero-order valence-corrected chi connectivity index (χ0v) is 20.0. The number of fused-ring (bicyclic) bond motifs is 1. The number of hydrogen-bond donors (Lipinski definition) is 1. The third-order valence-electron chi connectivity index (χ3n) is 5.13. The predicted molar refractivity (Wildman–Crippen MR) is 125 cm³/mol. The van der Waals surface area contributed by atoms with E-state index in [4.69, 9.17) is 21.5 Å². The van der Waals surface area contributed by atoms with Gasteiger partial charge in [-0.15, -0.1) is 0 Å². The SMILES string of the molecule is COCc1ccc2c(n1)c(-c1cccc(S(=O)(=O)N(C)C)c1)c(C)n2C/C(F)=C/CNCl. The largest absolute Gasteiger partial charge is 0.378 e. The summed E-state index contributed by atoms with van der Waals surface area (Å²) in [5.74, 6) is -0.352. The average molecular weight is 481 g/mol. The molecule has 0 aliphatic heterocycles. The third-order valence-corrected chi connectivity index (χ3v) is 7.09. The van der Waals surface area contributed by atoms with Gasteiger partial charge in [-0.25, -0.2) is 26.9 Å². The second-order valence-corrected chi connectivity index (χ2v) is 9.87. The van der Waals surface area contributed by atoms with Crippen LogP contribution in [0.15, 0.2) is 53.2 Å². The highest BCUT2D eigenvalue weighted by Crippen LogP contribution is 2.35. The Morgan fingerprint density at radius 2 is 2.06 bits per heavy atom. The van der Waals surface area contributed by atoms with Gasteiger partial charge >= 0.3 is 0 Å². The van der Waals surface area contributed by atoms with Gasteiger partial charge in [-0.05, 0) is 54.6 Å². The van der Waals surface area contributed by atoms with Gasteiger partial charge in [-0.1, -0.05) is 12.1 Å². The van der Waals surface area contributed by atoms with E-state index >= 15 is 0 Å². The van der Waals surface area contributed by atoms with E-state index < -0.39 is 10.0 Å². The smallest absolute Gasteiger partial charge is 0.242 e. The van der Waals surface area contributed by atoms with Crippen molar-refractivity contribution in [3.05, 3.63) is 59.7 Å². The van der Waals surface area contributed by atoms with Crippen molar-refractivity contribution in [1.29, 1.82) is 0 Å². The topological polar surface area (TPSA) is 76.5 Å². The minimum Gasteiger partial charge on any atom is -0.378 e. The first-order valence-corrected chi connectivity index (χ1v) is 11.7. The van der Waals surface area contributed by atoms with Crippen LogP contribution in [-0.4, -0.2) is 50.0 Å². The molecule has 7 nitrogen and oxygen atoms in total. The Labute approximate surface area is 192 Å². The van der Waals surface area contributed by atoms with Gasteiger partial charge in [0, 0.05) is 39.0 Å². The average Bonchev–Trinajstić information content (AvgIpc) is 3.03. The molecule has 172 valence electrons. The zero-order valence-electron chi connectivity index (χ0n) is 18.4. The molecule has 1 N–H and O–H groups in total. The molecule has 0 radical (unpaired) electrons. The molecule has 1 aromatic carbocycles. The van der Waals surface area contributed by atoms with E-state index in [1.807, 2.05) is 29.7 Å². The van der Waals surface area contributed by atoms with Crippen LogP contribution in [0.2, 0.25) is 0 Å². The number of benzene rings is 1. The van der Waals surface area contributed by atoms with Crippen LogP contribution in [0, 0.1) is 6.92 Å². The number of hydrogen-bond acceptors (Lipinski definition) is 5. The normalized spacial score (nSPS) is 12.8.